The van der Waals surface area contributed by atoms with E-state index in [1.807, 2.05) is 11.3 Å². The Balaban J connectivity index is 1.95. The Hall–Kier alpha value is 0.1000. The normalized spacial score (nSPS) is 24.3. The quantitative estimate of drug-likeness (QED) is 0.887. The summed E-state index contributed by atoms with van der Waals surface area (Å²) in [6.45, 7) is 9.32. The molecule has 102 valence electrons. The van der Waals surface area contributed by atoms with E-state index in [-0.39, 0.29) is 0 Å². The molecular weight excluding hydrogens is 308 g/mol. The number of rotatable bonds is 5. The minimum atomic E-state index is 0.462. The van der Waals surface area contributed by atoms with E-state index in [1.54, 1.807) is 0 Å². The molecule has 1 saturated heterocycles. The number of hydrogen-bond acceptors (Lipinski definition) is 3. The van der Waals surface area contributed by atoms with Crippen LogP contribution < -0.4 is 5.32 Å². The number of nitrogens with one attached hydrogen (secondary N) is 1. The molecular formula is C14H23BrN2S. The van der Waals surface area contributed by atoms with Crippen LogP contribution in [0, 0.1) is 11.3 Å². The molecule has 0 saturated carbocycles. The van der Waals surface area contributed by atoms with Gasteiger partial charge in [-0.2, -0.15) is 0 Å². The molecule has 18 heavy (non-hydrogen) atoms. The van der Waals surface area contributed by atoms with Crippen LogP contribution in [0.15, 0.2) is 15.9 Å². The maximum absolute atomic E-state index is 3.54. The van der Waals surface area contributed by atoms with Gasteiger partial charge in [0.05, 0.1) is 0 Å². The molecule has 1 aromatic rings. The Labute approximate surface area is 123 Å². The lowest BCUT2D eigenvalue weighted by atomic mass is 9.76. The topological polar surface area (TPSA) is 15.3 Å². The predicted octanol–water partition coefficient (Wildman–Crippen LogP) is 3.58. The van der Waals surface area contributed by atoms with Gasteiger partial charge >= 0.3 is 0 Å². The first-order valence-electron chi connectivity index (χ1n) is 6.64. The van der Waals surface area contributed by atoms with Crippen molar-refractivity contribution in [2.24, 2.45) is 11.3 Å². The number of hydrogen-bond donors (Lipinski definition) is 1. The lowest BCUT2D eigenvalue weighted by molar-refractivity contribution is 0.132. The van der Waals surface area contributed by atoms with Gasteiger partial charge in [-0.1, -0.05) is 13.8 Å². The van der Waals surface area contributed by atoms with Crippen molar-refractivity contribution in [1.29, 1.82) is 0 Å². The highest BCUT2D eigenvalue weighted by molar-refractivity contribution is 9.10. The fourth-order valence-electron chi connectivity index (χ4n) is 2.87. The van der Waals surface area contributed by atoms with Crippen LogP contribution in [-0.2, 0) is 6.54 Å². The summed E-state index contributed by atoms with van der Waals surface area (Å²) in [6.07, 6.45) is 1.31. The van der Waals surface area contributed by atoms with Gasteiger partial charge in [-0.25, -0.2) is 0 Å². The van der Waals surface area contributed by atoms with E-state index in [4.69, 9.17) is 0 Å². The second-order valence-electron chi connectivity index (χ2n) is 5.85. The molecule has 4 heteroatoms. The van der Waals surface area contributed by atoms with Crippen molar-refractivity contribution >= 4 is 27.3 Å². The van der Waals surface area contributed by atoms with Crippen LogP contribution in [-0.4, -0.2) is 31.6 Å². The molecule has 1 aliphatic rings. The highest BCUT2D eigenvalue weighted by Crippen LogP contribution is 2.35. The third-order valence-electron chi connectivity index (χ3n) is 4.13. The van der Waals surface area contributed by atoms with Crippen LogP contribution in [0.1, 0.15) is 25.1 Å². The number of thiophene rings is 1. The predicted molar refractivity (Wildman–Crippen MR) is 83.1 cm³/mol. The molecule has 1 fully saturated rings. The first kappa shape index (κ1) is 14.5. The summed E-state index contributed by atoms with van der Waals surface area (Å²) in [5, 5.41) is 5.70. The fourth-order valence-corrected chi connectivity index (χ4v) is 4.40. The zero-order valence-corrected chi connectivity index (χ0v) is 13.9. The van der Waals surface area contributed by atoms with Gasteiger partial charge in [0.15, 0.2) is 0 Å². The number of halogens is 1. The standard InChI is InChI=1S/C14H23BrN2S/c1-11(2)14(4-5-16-9-14)10-17(3)7-13-6-12(15)8-18-13/h6,8,11,16H,4-5,7,9-10H2,1-3H3. The van der Waals surface area contributed by atoms with Crippen LogP contribution in [0.2, 0.25) is 0 Å². The van der Waals surface area contributed by atoms with Crippen molar-refractivity contribution in [3.63, 3.8) is 0 Å². The summed E-state index contributed by atoms with van der Waals surface area (Å²) in [6, 6.07) is 2.23. The van der Waals surface area contributed by atoms with E-state index in [1.165, 1.54) is 35.4 Å². The monoisotopic (exact) mass is 330 g/mol. The molecule has 2 rings (SSSR count). The minimum absolute atomic E-state index is 0.462. The second kappa shape index (κ2) is 6.04. The largest absolute Gasteiger partial charge is 0.316 e. The Bertz CT molecular complexity index is 383. The summed E-state index contributed by atoms with van der Waals surface area (Å²) >= 11 is 5.36. The molecule has 1 unspecified atom stereocenters. The Morgan fingerprint density at radius 1 is 1.56 bits per heavy atom. The van der Waals surface area contributed by atoms with Gasteiger partial charge in [0.2, 0.25) is 0 Å². The van der Waals surface area contributed by atoms with E-state index in [0.29, 0.717) is 5.41 Å². The van der Waals surface area contributed by atoms with Gasteiger partial charge in [0, 0.05) is 34.4 Å². The van der Waals surface area contributed by atoms with E-state index in [9.17, 15) is 0 Å². The van der Waals surface area contributed by atoms with Crippen molar-refractivity contribution in [2.75, 3.05) is 26.7 Å². The molecule has 0 aromatic carbocycles. The first-order valence-corrected chi connectivity index (χ1v) is 8.31. The third kappa shape index (κ3) is 3.35. The average molecular weight is 331 g/mol. The van der Waals surface area contributed by atoms with Crippen molar-refractivity contribution in [3.8, 4) is 0 Å². The molecule has 2 heterocycles. The lowest BCUT2D eigenvalue weighted by Crippen LogP contribution is -2.40. The van der Waals surface area contributed by atoms with Crippen molar-refractivity contribution < 1.29 is 0 Å². The summed E-state index contributed by atoms with van der Waals surface area (Å²) in [7, 11) is 2.25. The zero-order valence-electron chi connectivity index (χ0n) is 11.5. The number of nitrogens with zero attached hydrogens (tertiary/aromatic N) is 1. The summed E-state index contributed by atoms with van der Waals surface area (Å²) in [5.41, 5.74) is 0.462. The maximum atomic E-state index is 3.54. The smallest absolute Gasteiger partial charge is 0.0325 e. The summed E-state index contributed by atoms with van der Waals surface area (Å²) in [5.74, 6) is 0.741. The van der Waals surface area contributed by atoms with E-state index in [2.05, 4.69) is 58.5 Å². The SMILES string of the molecule is CC(C)C1(CN(C)Cc2cc(Br)cs2)CCNC1. The Kier molecular flexibility index (Phi) is 4.86. The van der Waals surface area contributed by atoms with Gasteiger partial charge in [0.25, 0.3) is 0 Å². The minimum Gasteiger partial charge on any atom is -0.316 e. The molecule has 0 spiro atoms. The van der Waals surface area contributed by atoms with E-state index < -0.39 is 0 Å². The highest BCUT2D eigenvalue weighted by atomic mass is 79.9. The van der Waals surface area contributed by atoms with Gasteiger partial charge < -0.3 is 10.2 Å². The fraction of sp³-hybridized carbons (Fsp3) is 0.714. The molecule has 1 N–H and O–H groups in total. The van der Waals surface area contributed by atoms with Gasteiger partial charge in [-0.3, -0.25) is 0 Å². The Morgan fingerprint density at radius 3 is 2.83 bits per heavy atom. The van der Waals surface area contributed by atoms with Crippen molar-refractivity contribution in [3.05, 3.63) is 20.8 Å². The van der Waals surface area contributed by atoms with Crippen LogP contribution >= 0.6 is 27.3 Å². The zero-order chi connectivity index (χ0) is 13.2. The summed E-state index contributed by atoms with van der Waals surface area (Å²) < 4.78 is 1.21. The molecule has 0 aliphatic carbocycles. The second-order valence-corrected chi connectivity index (χ2v) is 7.76. The van der Waals surface area contributed by atoms with Crippen LogP contribution in [0.4, 0.5) is 0 Å². The highest BCUT2D eigenvalue weighted by Gasteiger charge is 2.37. The lowest BCUT2D eigenvalue weighted by Gasteiger charge is -2.36. The summed E-state index contributed by atoms with van der Waals surface area (Å²) in [4.78, 5) is 3.92. The average Bonchev–Trinajstić information content (AvgIpc) is 2.89. The molecule has 1 aliphatic heterocycles. The van der Waals surface area contributed by atoms with Gasteiger partial charge in [-0.05, 0) is 53.3 Å². The van der Waals surface area contributed by atoms with Crippen LogP contribution in [0.5, 0.6) is 0 Å². The first-order chi connectivity index (χ1) is 8.52. The molecule has 0 bridgehead atoms. The van der Waals surface area contributed by atoms with Gasteiger partial charge in [0.1, 0.15) is 0 Å². The van der Waals surface area contributed by atoms with Crippen molar-refractivity contribution in [1.82, 2.24) is 10.2 Å². The van der Waals surface area contributed by atoms with Crippen LogP contribution in [0.25, 0.3) is 0 Å². The molecule has 0 amide bonds. The van der Waals surface area contributed by atoms with Gasteiger partial charge in [-0.15, -0.1) is 11.3 Å². The maximum Gasteiger partial charge on any atom is 0.0325 e. The Morgan fingerprint density at radius 2 is 2.33 bits per heavy atom. The van der Waals surface area contributed by atoms with Crippen LogP contribution in [0.3, 0.4) is 0 Å². The molecule has 1 atom stereocenters. The van der Waals surface area contributed by atoms with Crippen molar-refractivity contribution in [2.45, 2.75) is 26.8 Å². The third-order valence-corrected chi connectivity index (χ3v) is 5.82. The van der Waals surface area contributed by atoms with E-state index >= 15 is 0 Å². The molecule has 0 radical (unpaired) electrons. The molecule has 1 aromatic heterocycles. The van der Waals surface area contributed by atoms with E-state index in [0.717, 1.165) is 12.5 Å². The molecule has 2 nitrogen and oxygen atoms in total.